The second-order valence-corrected chi connectivity index (χ2v) is 7.22. The summed E-state index contributed by atoms with van der Waals surface area (Å²) in [5, 5.41) is 13.7. The molecule has 1 aliphatic carbocycles. The number of hydrogen-bond donors (Lipinski definition) is 2. The van der Waals surface area contributed by atoms with Crippen LogP contribution in [0.25, 0.3) is 0 Å². The second-order valence-electron chi connectivity index (χ2n) is 6.81. The number of nitrogens with one attached hydrogen (secondary N) is 1. The summed E-state index contributed by atoms with van der Waals surface area (Å²) in [4.78, 5) is 0.552. The highest BCUT2D eigenvalue weighted by Crippen LogP contribution is 2.55. The van der Waals surface area contributed by atoms with Crippen molar-refractivity contribution in [3.63, 3.8) is 0 Å². The van der Waals surface area contributed by atoms with E-state index in [1.165, 1.54) is 5.57 Å². The van der Waals surface area contributed by atoms with Crippen LogP contribution in [0.5, 0.6) is 11.5 Å². The first-order valence-electron chi connectivity index (χ1n) is 7.78. The van der Waals surface area contributed by atoms with Gasteiger partial charge in [-0.25, -0.2) is 0 Å². The average Bonchev–Trinajstić information content (AvgIpc) is 2.45. The van der Waals surface area contributed by atoms with Crippen molar-refractivity contribution in [3.05, 3.63) is 35.4 Å². The fourth-order valence-electron chi connectivity index (χ4n) is 3.98. The Labute approximate surface area is 137 Å². The molecule has 4 heteroatoms. The number of thiocarbonyl (C=S) groups is 1. The average molecular weight is 317 g/mol. The van der Waals surface area contributed by atoms with Crippen LogP contribution in [0.1, 0.15) is 50.2 Å². The minimum Gasteiger partial charge on any atom is -0.507 e. The smallest absolute Gasteiger partial charge is 0.132 e. The molecule has 1 aromatic carbocycles. The Bertz CT molecular complexity index is 655. The summed E-state index contributed by atoms with van der Waals surface area (Å²) >= 11 is 5.30. The highest BCUT2D eigenvalue weighted by atomic mass is 32.1. The molecule has 1 saturated carbocycles. The number of fused-ring (bicyclic) bond motifs is 4. The Kier molecular flexibility index (Phi) is 3.68. The Morgan fingerprint density at radius 2 is 2.23 bits per heavy atom. The third kappa shape index (κ3) is 2.30. The molecule has 2 N–H and O–H groups in total. The van der Waals surface area contributed by atoms with Crippen molar-refractivity contribution in [2.24, 2.45) is 5.92 Å². The van der Waals surface area contributed by atoms with Gasteiger partial charge in [0.15, 0.2) is 0 Å². The molecule has 0 aromatic heterocycles. The van der Waals surface area contributed by atoms with E-state index in [0.29, 0.717) is 16.5 Å². The number of phenols is 1. The van der Waals surface area contributed by atoms with Gasteiger partial charge in [-0.3, -0.25) is 0 Å². The maximum absolute atomic E-state index is 10.8. The standard InChI is InChI=1S/C18H23NO2S/c1-10(2)11-7-8-18(3)9-13(11)15-14(21-18)6-5-12(16(15)20)17(22)19-4/h5-6,11,13,20H,1,7-9H2,2-4H3,(H,19,22)/t11?,13-,18-/m0/s1. The molecule has 118 valence electrons. The first-order chi connectivity index (χ1) is 10.4. The molecule has 3 nitrogen and oxygen atoms in total. The number of phenolic OH excluding ortho intramolecular Hbond substituents is 1. The summed E-state index contributed by atoms with van der Waals surface area (Å²) in [6.45, 7) is 8.42. The SMILES string of the molecule is C=C(C)C1CC[C@@]2(C)C[C@@H]1c1c(ccc(C(=S)NC)c1O)O2. The van der Waals surface area contributed by atoms with E-state index in [1.54, 1.807) is 7.05 Å². The van der Waals surface area contributed by atoms with E-state index >= 15 is 0 Å². The van der Waals surface area contributed by atoms with Gasteiger partial charge >= 0.3 is 0 Å². The van der Waals surface area contributed by atoms with Gasteiger partial charge in [0.2, 0.25) is 0 Å². The predicted molar refractivity (Wildman–Crippen MR) is 92.8 cm³/mol. The van der Waals surface area contributed by atoms with Crippen LogP contribution in [0.3, 0.4) is 0 Å². The van der Waals surface area contributed by atoms with Crippen molar-refractivity contribution in [1.29, 1.82) is 0 Å². The lowest BCUT2D eigenvalue weighted by atomic mass is 9.65. The molecule has 0 amide bonds. The fourth-order valence-corrected chi connectivity index (χ4v) is 4.14. The summed E-state index contributed by atoms with van der Waals surface area (Å²) in [6, 6.07) is 3.78. The Morgan fingerprint density at radius 3 is 2.86 bits per heavy atom. The maximum Gasteiger partial charge on any atom is 0.132 e. The van der Waals surface area contributed by atoms with Gasteiger partial charge in [0.25, 0.3) is 0 Å². The first-order valence-corrected chi connectivity index (χ1v) is 8.19. The predicted octanol–water partition coefficient (Wildman–Crippen LogP) is 3.90. The zero-order chi connectivity index (χ0) is 16.1. The number of allylic oxidation sites excluding steroid dienone is 1. The van der Waals surface area contributed by atoms with Crippen LogP contribution >= 0.6 is 12.2 Å². The van der Waals surface area contributed by atoms with Gasteiger partial charge < -0.3 is 15.2 Å². The van der Waals surface area contributed by atoms with Gasteiger partial charge in [-0.15, -0.1) is 0 Å². The van der Waals surface area contributed by atoms with Crippen LogP contribution in [-0.4, -0.2) is 22.7 Å². The highest BCUT2D eigenvalue weighted by Gasteiger charge is 2.46. The molecule has 2 aliphatic rings. The highest BCUT2D eigenvalue weighted by molar-refractivity contribution is 7.80. The topological polar surface area (TPSA) is 41.5 Å². The third-order valence-corrected chi connectivity index (χ3v) is 5.55. The van der Waals surface area contributed by atoms with Crippen LogP contribution in [0.15, 0.2) is 24.3 Å². The first kappa shape index (κ1) is 15.3. The van der Waals surface area contributed by atoms with Crippen molar-refractivity contribution in [1.82, 2.24) is 5.32 Å². The summed E-state index contributed by atoms with van der Waals surface area (Å²) in [6.07, 6.45) is 2.99. The van der Waals surface area contributed by atoms with E-state index in [9.17, 15) is 5.11 Å². The van der Waals surface area contributed by atoms with Crippen molar-refractivity contribution in [3.8, 4) is 11.5 Å². The molecule has 3 atom stereocenters. The quantitative estimate of drug-likeness (QED) is 0.641. The zero-order valence-corrected chi connectivity index (χ0v) is 14.2. The van der Waals surface area contributed by atoms with Crippen LogP contribution < -0.4 is 10.1 Å². The zero-order valence-electron chi connectivity index (χ0n) is 13.4. The molecule has 1 unspecified atom stereocenters. The van der Waals surface area contributed by atoms with Gasteiger partial charge in [0.1, 0.15) is 22.1 Å². The molecule has 1 aliphatic heterocycles. The number of hydrogen-bond acceptors (Lipinski definition) is 3. The van der Waals surface area contributed by atoms with Crippen LogP contribution in [0, 0.1) is 5.92 Å². The summed E-state index contributed by atoms with van der Waals surface area (Å²) in [7, 11) is 1.77. The molecule has 1 aromatic rings. The van der Waals surface area contributed by atoms with Gasteiger partial charge in [-0.05, 0) is 51.2 Å². The van der Waals surface area contributed by atoms with Crippen LogP contribution in [-0.2, 0) is 0 Å². The molecular weight excluding hydrogens is 294 g/mol. The van der Waals surface area contributed by atoms with Crippen LogP contribution in [0.2, 0.25) is 0 Å². The minimum absolute atomic E-state index is 0.138. The van der Waals surface area contributed by atoms with Crippen molar-refractivity contribution < 1.29 is 9.84 Å². The molecule has 1 fully saturated rings. The van der Waals surface area contributed by atoms with E-state index in [-0.39, 0.29) is 17.3 Å². The van der Waals surface area contributed by atoms with Gasteiger partial charge in [-0.1, -0.05) is 24.4 Å². The van der Waals surface area contributed by atoms with Gasteiger partial charge in [0, 0.05) is 18.5 Å². The van der Waals surface area contributed by atoms with E-state index in [1.807, 2.05) is 12.1 Å². The maximum atomic E-state index is 10.8. The number of ether oxygens (including phenoxy) is 1. The van der Waals surface area contributed by atoms with E-state index in [2.05, 4.69) is 25.7 Å². The van der Waals surface area contributed by atoms with Crippen molar-refractivity contribution >= 4 is 17.2 Å². The summed E-state index contributed by atoms with van der Waals surface area (Å²) < 4.78 is 6.21. The fraction of sp³-hybridized carbons (Fsp3) is 0.500. The number of aromatic hydroxyl groups is 1. The Morgan fingerprint density at radius 1 is 1.50 bits per heavy atom. The Balaban J connectivity index is 2.15. The lowest BCUT2D eigenvalue weighted by Gasteiger charge is -2.48. The minimum atomic E-state index is -0.138. The van der Waals surface area contributed by atoms with E-state index in [4.69, 9.17) is 17.0 Å². The monoisotopic (exact) mass is 317 g/mol. The molecule has 1 heterocycles. The molecule has 3 rings (SSSR count). The van der Waals surface area contributed by atoms with Gasteiger partial charge in [-0.2, -0.15) is 0 Å². The molecule has 0 spiro atoms. The molecule has 22 heavy (non-hydrogen) atoms. The molecule has 0 saturated heterocycles. The Hall–Kier alpha value is -1.55. The van der Waals surface area contributed by atoms with Crippen LogP contribution in [0.4, 0.5) is 0 Å². The molecule has 2 bridgehead atoms. The third-order valence-electron chi connectivity index (χ3n) is 5.13. The van der Waals surface area contributed by atoms with Gasteiger partial charge in [0.05, 0.1) is 5.56 Å². The van der Waals surface area contributed by atoms with E-state index < -0.39 is 0 Å². The van der Waals surface area contributed by atoms with Crippen molar-refractivity contribution in [2.45, 2.75) is 44.6 Å². The van der Waals surface area contributed by atoms with Crippen molar-refractivity contribution in [2.75, 3.05) is 7.05 Å². The second kappa shape index (κ2) is 5.27. The normalized spacial score (nSPS) is 29.2. The lowest BCUT2D eigenvalue weighted by Crippen LogP contribution is -2.44. The molecule has 0 radical (unpaired) electrons. The summed E-state index contributed by atoms with van der Waals surface area (Å²) in [5.41, 5.74) is 2.62. The summed E-state index contributed by atoms with van der Waals surface area (Å²) in [5.74, 6) is 1.70. The number of benzene rings is 1. The van der Waals surface area contributed by atoms with E-state index in [0.717, 1.165) is 30.6 Å². The largest absolute Gasteiger partial charge is 0.507 e. The lowest BCUT2D eigenvalue weighted by molar-refractivity contribution is 0.00637. The molecular formula is C18H23NO2S. The number of rotatable bonds is 2.